The van der Waals surface area contributed by atoms with E-state index in [2.05, 4.69) is 22.0 Å². The number of anilines is 3. The molecular weight excluding hydrogens is 603 g/mol. The van der Waals surface area contributed by atoms with Crippen LogP contribution >= 0.6 is 15.9 Å². The van der Waals surface area contributed by atoms with Crippen molar-refractivity contribution in [2.75, 3.05) is 16.4 Å². The molecule has 3 aliphatic heterocycles. The highest BCUT2D eigenvalue weighted by Gasteiger charge is 2.66. The summed E-state index contributed by atoms with van der Waals surface area (Å²) in [5, 5.41) is 9.75. The first-order valence-corrected chi connectivity index (χ1v) is 17.9. The van der Waals surface area contributed by atoms with E-state index in [0.29, 0.717) is 13.0 Å². The number of aliphatic hydroxyl groups excluding tert-OH is 1. The summed E-state index contributed by atoms with van der Waals surface area (Å²) in [6, 6.07) is 21.4. The predicted octanol–water partition coefficient (Wildman–Crippen LogP) is 6.76. The van der Waals surface area contributed by atoms with Gasteiger partial charge in [-0.25, -0.2) is 0 Å². The molecule has 0 radical (unpaired) electrons. The van der Waals surface area contributed by atoms with Gasteiger partial charge in [-0.3, -0.25) is 14.5 Å². The summed E-state index contributed by atoms with van der Waals surface area (Å²) in [5.74, 6) is -0.541. The molecule has 3 aromatic carbocycles. The van der Waals surface area contributed by atoms with Crippen LogP contribution in [0.4, 0.5) is 21.2 Å². The summed E-state index contributed by atoms with van der Waals surface area (Å²) >= 11 is 3.56. The lowest BCUT2D eigenvalue weighted by atomic mass is 9.82. The minimum Gasteiger partial charge on any atom is -0.396 e. The molecule has 6 rings (SSSR count). The number of benzene rings is 3. The first kappa shape index (κ1) is 28.3. The molecule has 0 unspecified atom stereocenters. The van der Waals surface area contributed by atoms with Gasteiger partial charge in [0.25, 0.3) is 5.91 Å². The van der Waals surface area contributed by atoms with Crippen LogP contribution in [0.5, 0.6) is 0 Å². The van der Waals surface area contributed by atoms with E-state index in [0.717, 1.165) is 44.6 Å². The average Bonchev–Trinajstić information content (AvgIpc) is 3.36. The summed E-state index contributed by atoms with van der Waals surface area (Å²) in [6.45, 7) is 5.42. The summed E-state index contributed by atoms with van der Waals surface area (Å²) in [4.78, 5) is 30.8. The number of hydrogen-bond acceptors (Lipinski definition) is 4. The molecule has 2 amide bonds. The van der Waals surface area contributed by atoms with Crippen LogP contribution in [0.3, 0.4) is 0 Å². The molecule has 1 N–H and O–H groups in total. The van der Waals surface area contributed by atoms with Crippen molar-refractivity contribution in [2.45, 2.75) is 63.1 Å². The molecule has 214 valence electrons. The van der Waals surface area contributed by atoms with Gasteiger partial charge in [0.2, 0.25) is 14.3 Å². The van der Waals surface area contributed by atoms with E-state index in [4.69, 9.17) is 4.74 Å². The van der Waals surface area contributed by atoms with Gasteiger partial charge in [0.1, 0.15) is 0 Å². The zero-order valence-electron chi connectivity index (χ0n) is 23.4. The van der Waals surface area contributed by atoms with Gasteiger partial charge in [0.05, 0.1) is 24.0 Å². The Morgan fingerprint density at radius 1 is 1.05 bits per heavy atom. The minimum atomic E-state index is -3.25. The van der Waals surface area contributed by atoms with E-state index in [1.807, 2.05) is 67.6 Å². The van der Waals surface area contributed by atoms with Gasteiger partial charge >= 0.3 is 0 Å². The largest absolute Gasteiger partial charge is 0.396 e. The Kier molecular flexibility index (Phi) is 7.21. The summed E-state index contributed by atoms with van der Waals surface area (Å²) in [7, 11) is -3.25. The van der Waals surface area contributed by atoms with Crippen LogP contribution in [-0.2, 0) is 32.9 Å². The first-order chi connectivity index (χ1) is 19.6. The lowest BCUT2D eigenvalue weighted by Crippen LogP contribution is -2.45. The maximum Gasteiger partial charge on any atom is 0.264 e. The van der Waals surface area contributed by atoms with E-state index >= 15 is 4.11 Å². The van der Waals surface area contributed by atoms with Crippen molar-refractivity contribution in [1.29, 1.82) is 0 Å². The second-order valence-electron chi connectivity index (χ2n) is 11.9. The molecule has 3 aliphatic rings. The maximum absolute atomic E-state index is 15.7. The number of hydrogen-bond donors (Lipinski definition) is 1. The van der Waals surface area contributed by atoms with Crippen molar-refractivity contribution in [3.05, 3.63) is 87.9 Å². The van der Waals surface area contributed by atoms with Crippen LogP contribution in [0.1, 0.15) is 36.5 Å². The number of halogens is 2. The van der Waals surface area contributed by atoms with Gasteiger partial charge < -0.3 is 18.9 Å². The fourth-order valence-corrected chi connectivity index (χ4v) is 10.1. The number of aryl methyl sites for hydroxylation is 1. The van der Waals surface area contributed by atoms with Crippen molar-refractivity contribution in [3.8, 4) is 0 Å². The highest BCUT2D eigenvalue weighted by Crippen LogP contribution is 2.60. The third-order valence-electron chi connectivity index (χ3n) is 8.96. The standard InChI is InChI=1S/C32H34BrFN2O4Si/c1-20-30(41(2,3)34)28(16-17-37)40-32(20)25-18-23(33)11-14-27(25)35(31(32)39)19-21-8-12-24(13-9-21)36-26-7-5-4-6-22(26)10-15-29(36)38/h4-9,11-14,18,20,28,30,37H,10,15-17,19H2,1-3H3/t20-,28+,30-,32+/m0/s1. The normalized spacial score (nSPS) is 25.7. The Labute approximate surface area is 249 Å². The van der Waals surface area contributed by atoms with E-state index in [9.17, 15) is 14.7 Å². The van der Waals surface area contributed by atoms with Crippen molar-refractivity contribution in [3.63, 3.8) is 0 Å². The molecule has 9 heteroatoms. The van der Waals surface area contributed by atoms with Crippen LogP contribution in [0.25, 0.3) is 0 Å². The van der Waals surface area contributed by atoms with Crippen LogP contribution in [0, 0.1) is 5.92 Å². The highest BCUT2D eigenvalue weighted by molar-refractivity contribution is 9.10. The second kappa shape index (κ2) is 10.5. The Morgan fingerprint density at radius 2 is 1.78 bits per heavy atom. The second-order valence-corrected chi connectivity index (χ2v) is 16.6. The summed E-state index contributed by atoms with van der Waals surface area (Å²) < 4.78 is 23.1. The van der Waals surface area contributed by atoms with Crippen molar-refractivity contribution < 1.29 is 23.5 Å². The fraction of sp³-hybridized carbons (Fsp3) is 0.375. The van der Waals surface area contributed by atoms with Gasteiger partial charge in [-0.15, -0.1) is 0 Å². The number of para-hydroxylation sites is 1. The molecular formula is C32H34BrFN2O4Si. The zero-order valence-corrected chi connectivity index (χ0v) is 26.0. The van der Waals surface area contributed by atoms with Crippen molar-refractivity contribution in [1.82, 2.24) is 0 Å². The molecule has 0 aliphatic carbocycles. The number of aliphatic hydroxyl groups is 1. The topological polar surface area (TPSA) is 70.1 Å². The van der Waals surface area contributed by atoms with Gasteiger partial charge in [-0.2, -0.15) is 0 Å². The Morgan fingerprint density at radius 3 is 2.49 bits per heavy atom. The molecule has 3 heterocycles. The quantitative estimate of drug-likeness (QED) is 0.240. The third kappa shape index (κ3) is 4.58. The number of amides is 2. The Hall–Kier alpha value is -2.85. The van der Waals surface area contributed by atoms with Gasteiger partial charge in [0.15, 0.2) is 5.60 Å². The van der Waals surface area contributed by atoms with Crippen molar-refractivity contribution >= 4 is 53.2 Å². The SMILES string of the molecule is C[C@H]1[C@H]([Si](C)(C)F)[C@@H](CCO)O[C@]12C(=O)N(Cc1ccc(N3C(=O)CCc4ccccc43)cc1)c1ccc(Br)cc12. The monoisotopic (exact) mass is 636 g/mol. The van der Waals surface area contributed by atoms with Gasteiger partial charge in [-0.1, -0.05) is 53.2 Å². The van der Waals surface area contributed by atoms with E-state index in [-0.39, 0.29) is 24.8 Å². The van der Waals surface area contributed by atoms with E-state index in [1.54, 1.807) is 22.9 Å². The number of rotatable bonds is 6. The Bertz CT molecular complexity index is 1510. The average molecular weight is 638 g/mol. The predicted molar refractivity (Wildman–Crippen MR) is 163 cm³/mol. The smallest absolute Gasteiger partial charge is 0.264 e. The maximum atomic E-state index is 15.7. The van der Waals surface area contributed by atoms with Crippen LogP contribution in [-0.4, -0.2) is 38.0 Å². The van der Waals surface area contributed by atoms with E-state index < -0.39 is 31.6 Å². The molecule has 1 fully saturated rings. The summed E-state index contributed by atoms with van der Waals surface area (Å²) in [5.41, 5.74) is 3.48. The molecule has 0 bridgehead atoms. The Balaban J connectivity index is 1.34. The summed E-state index contributed by atoms with van der Waals surface area (Å²) in [6.07, 6.45) is 0.945. The number of carbonyl (C=O) groups is 2. The van der Waals surface area contributed by atoms with E-state index in [1.165, 1.54) is 0 Å². The molecule has 4 atom stereocenters. The number of carbonyl (C=O) groups excluding carboxylic acids is 2. The van der Waals surface area contributed by atoms with Crippen LogP contribution in [0.15, 0.2) is 71.2 Å². The molecule has 41 heavy (non-hydrogen) atoms. The van der Waals surface area contributed by atoms with Crippen molar-refractivity contribution in [2.24, 2.45) is 5.92 Å². The number of fused-ring (bicyclic) bond motifs is 3. The van der Waals surface area contributed by atoms with Gasteiger partial charge in [0, 0.05) is 40.2 Å². The third-order valence-corrected chi connectivity index (χ3v) is 11.9. The van der Waals surface area contributed by atoms with Crippen LogP contribution < -0.4 is 9.80 Å². The zero-order chi connectivity index (χ0) is 29.1. The van der Waals surface area contributed by atoms with Gasteiger partial charge in [-0.05, 0) is 73.5 Å². The molecule has 0 saturated carbocycles. The first-order valence-electron chi connectivity index (χ1n) is 14.2. The lowest BCUT2D eigenvalue weighted by Gasteiger charge is -2.31. The fourth-order valence-electron chi connectivity index (χ4n) is 7.22. The molecule has 1 spiro atoms. The number of nitrogens with zero attached hydrogens (tertiary/aromatic N) is 2. The van der Waals surface area contributed by atoms with Crippen LogP contribution in [0.2, 0.25) is 18.6 Å². The minimum absolute atomic E-state index is 0.0614. The number of ether oxygens (including phenoxy) is 1. The lowest BCUT2D eigenvalue weighted by molar-refractivity contribution is -0.146. The molecule has 6 nitrogen and oxygen atoms in total. The highest BCUT2D eigenvalue weighted by atomic mass is 79.9. The molecule has 0 aromatic heterocycles. The molecule has 1 saturated heterocycles. The molecule has 3 aromatic rings.